The molecule has 6 heteroatoms. The van der Waals surface area contributed by atoms with Crippen LogP contribution in [0, 0.1) is 10.1 Å². The van der Waals surface area contributed by atoms with Gasteiger partial charge < -0.3 is 4.74 Å². The highest BCUT2D eigenvalue weighted by Crippen LogP contribution is 2.26. The van der Waals surface area contributed by atoms with Crippen LogP contribution in [-0.4, -0.2) is 17.5 Å². The second kappa shape index (κ2) is 6.33. The van der Waals surface area contributed by atoms with Gasteiger partial charge in [-0.3, -0.25) is 10.1 Å². The van der Waals surface area contributed by atoms with Crippen molar-refractivity contribution < 1.29 is 14.5 Å². The second-order valence-corrected chi connectivity index (χ2v) is 4.08. The zero-order valence-corrected chi connectivity index (χ0v) is 11.2. The van der Waals surface area contributed by atoms with Crippen molar-refractivity contribution in [1.29, 1.82) is 0 Å². The minimum absolute atomic E-state index is 0.106. The minimum Gasteiger partial charge on any atom is -0.458 e. The summed E-state index contributed by atoms with van der Waals surface area (Å²) in [7, 11) is 0. The fourth-order valence-corrected chi connectivity index (χ4v) is 1.94. The topological polar surface area (TPSA) is 69.4 Å². The van der Waals surface area contributed by atoms with Crippen LogP contribution in [0.1, 0.15) is 12.5 Å². The second-order valence-electron chi connectivity index (χ2n) is 3.01. The monoisotopic (exact) mass is 347 g/mol. The van der Waals surface area contributed by atoms with E-state index in [1.54, 1.807) is 59.8 Å². The van der Waals surface area contributed by atoms with E-state index in [1.807, 2.05) is 0 Å². The largest absolute Gasteiger partial charge is 0.458 e. The highest BCUT2D eigenvalue weighted by atomic mass is 127. The summed E-state index contributed by atoms with van der Waals surface area (Å²) in [6.07, 6.45) is 0. The Morgan fingerprint density at radius 3 is 2.47 bits per heavy atom. The summed E-state index contributed by atoms with van der Waals surface area (Å²) in [6, 6.07) is 8.69. The summed E-state index contributed by atoms with van der Waals surface area (Å²) in [6.45, 7) is 1.71. The molecule has 0 heterocycles. The molecular weight excluding hydrogens is 337 g/mol. The molecule has 0 N–H and O–H groups in total. The van der Waals surface area contributed by atoms with E-state index < -0.39 is 16.6 Å². The zero-order chi connectivity index (χ0) is 12.8. The van der Waals surface area contributed by atoms with Crippen molar-refractivity contribution in [2.24, 2.45) is 0 Å². The van der Waals surface area contributed by atoms with E-state index >= 15 is 0 Å². The van der Waals surface area contributed by atoms with Crippen LogP contribution in [0.3, 0.4) is 0 Å². The third-order valence-corrected chi connectivity index (χ3v) is 3.02. The van der Waals surface area contributed by atoms with Gasteiger partial charge in [-0.1, -0.05) is 30.3 Å². The van der Waals surface area contributed by atoms with E-state index in [4.69, 9.17) is 0 Å². The van der Waals surface area contributed by atoms with Crippen molar-refractivity contribution in [3.63, 3.8) is 0 Å². The number of halogens is 1. The molecule has 0 saturated heterocycles. The molecule has 0 aliphatic rings. The molecule has 1 aromatic rings. The van der Waals surface area contributed by atoms with Crippen LogP contribution < -0.4 is 0 Å². The summed E-state index contributed by atoms with van der Waals surface area (Å²) >= 11 is 1.78. The van der Waals surface area contributed by atoms with Crippen molar-refractivity contribution >= 4 is 32.1 Å². The maximum absolute atomic E-state index is 11.5. The van der Waals surface area contributed by atoms with E-state index in [9.17, 15) is 14.9 Å². The molecule has 0 aliphatic carbocycles. The van der Waals surface area contributed by atoms with Gasteiger partial charge in [-0.15, -0.1) is 0 Å². The molecule has 0 aromatic heterocycles. The molecular formula is C11H10INO4. The van der Waals surface area contributed by atoms with Crippen LogP contribution in [0.25, 0.3) is 3.58 Å². The molecule has 17 heavy (non-hydrogen) atoms. The van der Waals surface area contributed by atoms with Gasteiger partial charge in [0, 0.05) is 0 Å². The zero-order valence-electron chi connectivity index (χ0n) is 9.05. The molecule has 0 spiro atoms. The average molecular weight is 347 g/mol. The van der Waals surface area contributed by atoms with Gasteiger partial charge in [0.25, 0.3) is 0 Å². The molecule has 0 radical (unpaired) electrons. The molecule has 0 saturated carbocycles. The Morgan fingerprint density at radius 1 is 1.41 bits per heavy atom. The van der Waals surface area contributed by atoms with Gasteiger partial charge in [-0.25, -0.2) is 4.79 Å². The lowest BCUT2D eigenvalue weighted by Crippen LogP contribution is -2.15. The Labute approximate surface area is 112 Å². The fraction of sp³-hybridized carbons (Fsp3) is 0.182. The van der Waals surface area contributed by atoms with Crippen LogP contribution in [-0.2, 0) is 9.53 Å². The van der Waals surface area contributed by atoms with Crippen LogP contribution in [0.2, 0.25) is 0 Å². The lowest BCUT2D eigenvalue weighted by molar-refractivity contribution is -0.419. The number of esters is 1. The number of nitro groups is 1. The third kappa shape index (κ3) is 3.52. The number of rotatable bonds is 4. The maximum atomic E-state index is 11.5. The van der Waals surface area contributed by atoms with Crippen LogP contribution >= 0.6 is 22.6 Å². The summed E-state index contributed by atoms with van der Waals surface area (Å²) in [4.78, 5) is 21.6. The molecule has 0 fully saturated rings. The van der Waals surface area contributed by atoms with Crippen LogP contribution in [0.5, 0.6) is 0 Å². The van der Waals surface area contributed by atoms with Crippen molar-refractivity contribution in [3.05, 3.63) is 51.7 Å². The molecule has 5 nitrogen and oxygen atoms in total. The molecule has 1 aromatic carbocycles. The first-order valence-electron chi connectivity index (χ1n) is 4.84. The number of carbonyl (C=O) groups excluding carboxylic acids is 1. The van der Waals surface area contributed by atoms with Crippen molar-refractivity contribution in [2.45, 2.75) is 6.92 Å². The van der Waals surface area contributed by atoms with E-state index in [-0.39, 0.29) is 10.2 Å². The molecule has 90 valence electrons. The number of nitrogens with zero attached hydrogens (tertiary/aromatic N) is 1. The number of hydrogen-bond acceptors (Lipinski definition) is 4. The summed E-state index contributed by atoms with van der Waals surface area (Å²) in [5.74, 6) is -0.911. The standard InChI is InChI=1S/C11H10INO4/c1-2-17-11(14)10(13(15)16)9(12)8-6-4-3-5-7-8/h3-7H,2H2,1H3/b10-9-. The van der Waals surface area contributed by atoms with E-state index in [1.165, 1.54) is 0 Å². The van der Waals surface area contributed by atoms with Gasteiger partial charge in [0.15, 0.2) is 0 Å². The fourth-order valence-electron chi connectivity index (χ4n) is 1.16. The first-order chi connectivity index (χ1) is 8.07. The SMILES string of the molecule is CCOC(=O)/C(=C(/I)c1ccccc1)[N+](=O)[O-]. The summed E-state index contributed by atoms with van der Waals surface area (Å²) in [5.41, 5.74) is 0.0894. The predicted octanol–water partition coefficient (Wildman–Crippen LogP) is 2.63. The van der Waals surface area contributed by atoms with Gasteiger partial charge in [-0.05, 0) is 35.1 Å². The van der Waals surface area contributed by atoms with Gasteiger partial charge >= 0.3 is 11.7 Å². The lowest BCUT2D eigenvalue weighted by Gasteiger charge is -2.03. The van der Waals surface area contributed by atoms with E-state index in [0.29, 0.717) is 5.56 Å². The van der Waals surface area contributed by atoms with E-state index in [0.717, 1.165) is 0 Å². The third-order valence-electron chi connectivity index (χ3n) is 1.89. The Kier molecular flexibility index (Phi) is 5.08. The van der Waals surface area contributed by atoms with Gasteiger partial charge in [0.2, 0.25) is 0 Å². The minimum atomic E-state index is -0.911. The van der Waals surface area contributed by atoms with Crippen molar-refractivity contribution in [2.75, 3.05) is 6.61 Å². The quantitative estimate of drug-likeness (QED) is 0.276. The molecule has 1 rings (SSSR count). The van der Waals surface area contributed by atoms with E-state index in [2.05, 4.69) is 4.74 Å². The Balaban J connectivity index is 3.21. The first kappa shape index (κ1) is 13.6. The lowest BCUT2D eigenvalue weighted by atomic mass is 10.2. The molecule has 0 amide bonds. The van der Waals surface area contributed by atoms with Crippen molar-refractivity contribution in [3.8, 4) is 0 Å². The predicted molar refractivity (Wildman–Crippen MR) is 71.0 cm³/mol. The average Bonchev–Trinajstić information content (AvgIpc) is 2.30. The highest BCUT2D eigenvalue weighted by molar-refractivity contribution is 14.1. The Hall–Kier alpha value is -1.44. The Morgan fingerprint density at radius 2 is 2.00 bits per heavy atom. The number of benzene rings is 1. The van der Waals surface area contributed by atoms with Crippen LogP contribution in [0.4, 0.5) is 0 Å². The molecule has 0 unspecified atom stereocenters. The maximum Gasteiger partial charge on any atom is 0.411 e. The van der Waals surface area contributed by atoms with Crippen molar-refractivity contribution in [1.82, 2.24) is 0 Å². The molecule has 0 bridgehead atoms. The van der Waals surface area contributed by atoms with Gasteiger partial charge in [0.1, 0.15) is 3.58 Å². The smallest absolute Gasteiger partial charge is 0.411 e. The first-order valence-corrected chi connectivity index (χ1v) is 5.92. The van der Waals surface area contributed by atoms with Gasteiger partial charge in [0.05, 0.1) is 11.5 Å². The highest BCUT2D eigenvalue weighted by Gasteiger charge is 2.28. The number of carbonyl (C=O) groups is 1. The molecule has 0 atom stereocenters. The summed E-state index contributed by atoms with van der Waals surface area (Å²) < 4.78 is 4.93. The number of ether oxygens (including phenoxy) is 1. The number of hydrogen-bond donors (Lipinski definition) is 0. The molecule has 0 aliphatic heterocycles. The Bertz CT molecular complexity index is 456. The summed E-state index contributed by atoms with van der Waals surface area (Å²) in [5, 5.41) is 10.9. The van der Waals surface area contributed by atoms with Gasteiger partial charge in [-0.2, -0.15) is 0 Å². The van der Waals surface area contributed by atoms with Crippen LogP contribution in [0.15, 0.2) is 36.0 Å². The normalized spacial score (nSPS) is 11.6.